The number of nitrogens with zero attached hydrogens (tertiary/aromatic N) is 2. The van der Waals surface area contributed by atoms with Crippen molar-refractivity contribution in [3.63, 3.8) is 0 Å². The molecule has 0 aliphatic rings. The number of amides is 1. The molecule has 1 N–H and O–H groups in total. The van der Waals surface area contributed by atoms with Crippen molar-refractivity contribution < 1.29 is 18.7 Å². The fourth-order valence-corrected chi connectivity index (χ4v) is 1.80. The smallest absolute Gasteiger partial charge is 0.263 e. The van der Waals surface area contributed by atoms with Crippen LogP contribution >= 0.6 is 0 Å². The average molecular weight is 317 g/mol. The van der Waals surface area contributed by atoms with Crippen molar-refractivity contribution in [2.24, 2.45) is 0 Å². The molecule has 2 rings (SSSR count). The number of aromatic nitrogens is 2. The Hall–Kier alpha value is -2.83. The van der Waals surface area contributed by atoms with Gasteiger partial charge in [0.25, 0.3) is 5.91 Å². The van der Waals surface area contributed by atoms with Crippen molar-refractivity contribution in [2.75, 3.05) is 11.9 Å². The van der Waals surface area contributed by atoms with E-state index in [4.69, 9.17) is 4.74 Å². The fourth-order valence-electron chi connectivity index (χ4n) is 1.80. The highest BCUT2D eigenvalue weighted by Crippen LogP contribution is 2.13. The molecule has 0 spiro atoms. The minimum Gasteiger partial charge on any atom is -0.484 e. The molecule has 0 aliphatic heterocycles. The molecular formula is C16H16FN3O3. The van der Waals surface area contributed by atoms with E-state index in [-0.39, 0.29) is 18.2 Å². The molecule has 7 heteroatoms. The number of anilines is 1. The first-order valence-corrected chi connectivity index (χ1v) is 7.01. The van der Waals surface area contributed by atoms with Crippen LogP contribution in [0.1, 0.15) is 18.9 Å². The summed E-state index contributed by atoms with van der Waals surface area (Å²) in [6.07, 6.45) is 3.36. The van der Waals surface area contributed by atoms with Crippen LogP contribution in [0.2, 0.25) is 0 Å². The minimum absolute atomic E-state index is 0.0261. The van der Waals surface area contributed by atoms with Crippen molar-refractivity contribution in [3.05, 3.63) is 48.2 Å². The summed E-state index contributed by atoms with van der Waals surface area (Å²) in [6.45, 7) is 1.32. The number of halogens is 1. The van der Waals surface area contributed by atoms with Gasteiger partial charge in [-0.15, -0.1) is 0 Å². The lowest BCUT2D eigenvalue weighted by Gasteiger charge is -2.07. The van der Waals surface area contributed by atoms with Crippen molar-refractivity contribution in [2.45, 2.75) is 19.8 Å². The maximum Gasteiger partial charge on any atom is 0.263 e. The van der Waals surface area contributed by atoms with Crippen LogP contribution in [0, 0.1) is 5.95 Å². The van der Waals surface area contributed by atoms with E-state index in [9.17, 15) is 14.0 Å². The zero-order valence-electron chi connectivity index (χ0n) is 12.6. The van der Waals surface area contributed by atoms with Gasteiger partial charge in [0, 0.05) is 6.42 Å². The molecule has 0 aliphatic carbocycles. The molecule has 120 valence electrons. The maximum absolute atomic E-state index is 12.8. The predicted molar refractivity (Wildman–Crippen MR) is 81.6 cm³/mol. The molecule has 0 unspecified atom stereocenters. The van der Waals surface area contributed by atoms with Crippen LogP contribution in [0.15, 0.2) is 36.7 Å². The molecule has 0 radical (unpaired) electrons. The van der Waals surface area contributed by atoms with Gasteiger partial charge >= 0.3 is 0 Å². The first kappa shape index (κ1) is 16.5. The molecule has 1 aromatic heterocycles. The molecule has 1 heterocycles. The standard InChI is InChI=1S/C16H16FN3O3/c1-11(21)2-3-12-4-6-13(7-5-12)23-10-16(22)20-15-9-18-8-14(17)19-15/h4-9H,2-3,10H2,1H3,(H,19,20,22). The number of hydrogen-bond donors (Lipinski definition) is 1. The van der Waals surface area contributed by atoms with Gasteiger partial charge in [-0.05, 0) is 31.0 Å². The van der Waals surface area contributed by atoms with Gasteiger partial charge in [0.15, 0.2) is 12.4 Å². The quantitative estimate of drug-likeness (QED) is 0.846. The van der Waals surface area contributed by atoms with Crippen molar-refractivity contribution in [3.8, 4) is 5.75 Å². The summed E-state index contributed by atoms with van der Waals surface area (Å²) < 4.78 is 18.2. The highest BCUT2D eigenvalue weighted by atomic mass is 19.1. The summed E-state index contributed by atoms with van der Waals surface area (Å²) in [6, 6.07) is 7.14. The van der Waals surface area contributed by atoms with E-state index in [1.54, 1.807) is 19.1 Å². The molecule has 1 aromatic carbocycles. The Kier molecular flexibility index (Phi) is 5.74. The number of hydrogen-bond acceptors (Lipinski definition) is 5. The number of carbonyl (C=O) groups is 2. The third-order valence-electron chi connectivity index (χ3n) is 2.93. The van der Waals surface area contributed by atoms with E-state index in [2.05, 4.69) is 15.3 Å². The van der Waals surface area contributed by atoms with Crippen LogP contribution < -0.4 is 10.1 Å². The van der Waals surface area contributed by atoms with Crippen LogP contribution in [-0.4, -0.2) is 28.3 Å². The number of benzene rings is 1. The van der Waals surface area contributed by atoms with Crippen molar-refractivity contribution in [1.82, 2.24) is 9.97 Å². The van der Waals surface area contributed by atoms with Gasteiger partial charge in [0.05, 0.1) is 12.4 Å². The number of nitrogens with one attached hydrogen (secondary N) is 1. The molecular weight excluding hydrogens is 301 g/mol. The topological polar surface area (TPSA) is 81.2 Å². The lowest BCUT2D eigenvalue weighted by atomic mass is 10.1. The Balaban J connectivity index is 1.81. The Morgan fingerprint density at radius 3 is 2.61 bits per heavy atom. The first-order valence-electron chi connectivity index (χ1n) is 7.01. The minimum atomic E-state index is -0.773. The molecule has 0 saturated heterocycles. The summed E-state index contributed by atoms with van der Waals surface area (Å²) in [7, 11) is 0. The van der Waals surface area contributed by atoms with Gasteiger partial charge in [-0.3, -0.25) is 9.78 Å². The predicted octanol–water partition coefficient (Wildman–Crippen LogP) is 2.15. The lowest BCUT2D eigenvalue weighted by Crippen LogP contribution is -2.21. The van der Waals surface area contributed by atoms with Crippen LogP contribution in [0.4, 0.5) is 10.2 Å². The summed E-state index contributed by atoms with van der Waals surface area (Å²) in [5.74, 6) is -0.548. The Labute approximate surface area is 132 Å². The number of Topliss-reactive ketones (excluding diaryl/α,β-unsaturated/α-hetero) is 1. The summed E-state index contributed by atoms with van der Waals surface area (Å²) in [4.78, 5) is 29.7. The van der Waals surface area contributed by atoms with E-state index in [1.807, 2.05) is 12.1 Å². The van der Waals surface area contributed by atoms with E-state index in [0.29, 0.717) is 18.6 Å². The van der Waals surface area contributed by atoms with Crippen molar-refractivity contribution in [1.29, 1.82) is 0 Å². The SMILES string of the molecule is CC(=O)CCc1ccc(OCC(=O)Nc2cncc(F)n2)cc1. The van der Waals surface area contributed by atoms with Crippen LogP contribution in [-0.2, 0) is 16.0 Å². The second kappa shape index (κ2) is 7.98. The van der Waals surface area contributed by atoms with E-state index in [0.717, 1.165) is 11.8 Å². The van der Waals surface area contributed by atoms with E-state index in [1.165, 1.54) is 6.20 Å². The summed E-state index contributed by atoms with van der Waals surface area (Å²) in [5, 5.41) is 2.38. The van der Waals surface area contributed by atoms with E-state index >= 15 is 0 Å². The number of rotatable bonds is 7. The highest BCUT2D eigenvalue weighted by molar-refractivity contribution is 5.90. The Morgan fingerprint density at radius 1 is 1.22 bits per heavy atom. The number of aryl methyl sites for hydroxylation is 1. The van der Waals surface area contributed by atoms with Gasteiger partial charge < -0.3 is 14.8 Å². The summed E-state index contributed by atoms with van der Waals surface area (Å²) >= 11 is 0. The first-order chi connectivity index (χ1) is 11.0. The van der Waals surface area contributed by atoms with Gasteiger partial charge in [0.1, 0.15) is 11.5 Å². The fraction of sp³-hybridized carbons (Fsp3) is 0.250. The Bertz CT molecular complexity index is 689. The second-order valence-electron chi connectivity index (χ2n) is 4.91. The molecule has 1 amide bonds. The third-order valence-corrected chi connectivity index (χ3v) is 2.93. The number of ketones is 1. The average Bonchev–Trinajstić information content (AvgIpc) is 2.52. The lowest BCUT2D eigenvalue weighted by molar-refractivity contribution is -0.118. The molecule has 0 fully saturated rings. The largest absolute Gasteiger partial charge is 0.484 e. The number of carbonyl (C=O) groups excluding carboxylic acids is 2. The zero-order chi connectivity index (χ0) is 16.7. The van der Waals surface area contributed by atoms with Gasteiger partial charge in [-0.2, -0.15) is 9.37 Å². The second-order valence-corrected chi connectivity index (χ2v) is 4.91. The third kappa shape index (κ3) is 5.82. The summed E-state index contributed by atoms with van der Waals surface area (Å²) in [5.41, 5.74) is 1.02. The monoisotopic (exact) mass is 317 g/mol. The van der Waals surface area contributed by atoms with Crippen LogP contribution in [0.3, 0.4) is 0 Å². The van der Waals surface area contributed by atoms with Crippen LogP contribution in [0.25, 0.3) is 0 Å². The van der Waals surface area contributed by atoms with Gasteiger partial charge in [-0.1, -0.05) is 12.1 Å². The van der Waals surface area contributed by atoms with Crippen molar-refractivity contribution >= 4 is 17.5 Å². The normalized spacial score (nSPS) is 10.2. The van der Waals surface area contributed by atoms with Crippen LogP contribution in [0.5, 0.6) is 5.75 Å². The molecule has 0 saturated carbocycles. The highest BCUT2D eigenvalue weighted by Gasteiger charge is 2.06. The Morgan fingerprint density at radius 2 is 1.96 bits per heavy atom. The molecule has 23 heavy (non-hydrogen) atoms. The molecule has 0 atom stereocenters. The number of ether oxygens (including phenoxy) is 1. The zero-order valence-corrected chi connectivity index (χ0v) is 12.6. The molecule has 2 aromatic rings. The molecule has 0 bridgehead atoms. The van der Waals surface area contributed by atoms with E-state index < -0.39 is 11.9 Å². The van der Waals surface area contributed by atoms with Gasteiger partial charge in [0.2, 0.25) is 5.95 Å². The van der Waals surface area contributed by atoms with Gasteiger partial charge in [-0.25, -0.2) is 0 Å². The molecule has 6 nitrogen and oxygen atoms in total. The maximum atomic E-state index is 12.8.